The molecule has 0 aliphatic rings. The Morgan fingerprint density at radius 3 is 2.48 bits per heavy atom. The van der Waals surface area contributed by atoms with Crippen LogP contribution >= 0.6 is 0 Å². The van der Waals surface area contributed by atoms with E-state index in [0.29, 0.717) is 5.69 Å². The maximum Gasteiger partial charge on any atom is 0.269 e. The Morgan fingerprint density at radius 1 is 1.26 bits per heavy atom. The Labute approximate surface area is 134 Å². The fourth-order valence-corrected chi connectivity index (χ4v) is 1.89. The highest BCUT2D eigenvalue weighted by Gasteiger charge is 2.21. The molecule has 0 spiro atoms. The molecule has 0 saturated carbocycles. The highest BCUT2D eigenvalue weighted by Crippen LogP contribution is 2.00. The average Bonchev–Trinajstić information content (AvgIpc) is 2.98. The van der Waals surface area contributed by atoms with E-state index in [1.165, 1.54) is 0 Å². The number of aromatic nitrogens is 1. The van der Waals surface area contributed by atoms with Gasteiger partial charge in [0.25, 0.3) is 5.91 Å². The lowest BCUT2D eigenvalue weighted by molar-refractivity contribution is -0.128. The highest BCUT2D eigenvalue weighted by atomic mass is 16.2. The molecular weight excluding hydrogens is 300 g/mol. The minimum atomic E-state index is -0.796. The number of carbonyl (C=O) groups excluding carboxylic acids is 3. The molecule has 2 atom stereocenters. The molecule has 9 heteroatoms. The molecule has 1 heterocycles. The largest absolute Gasteiger partial charge is 0.368 e. The number of primary amides is 1. The summed E-state index contributed by atoms with van der Waals surface area (Å²) in [6, 6.07) is 2.61. The van der Waals surface area contributed by atoms with Crippen molar-refractivity contribution in [2.24, 2.45) is 17.4 Å². The standard InChI is InChI=1S/C14H24N6O3/c1-8(2)11(12(15)22)19-10(21)5-7-18-14(16)20-13(23)9-4-3-6-17-9/h3-4,6,8,11,14,17-18H,5,7,16H2,1-2H3,(H2,15,22)(H,19,21)(H,20,23)/t11-,14?/m1/s1. The molecule has 8 N–H and O–H groups in total. The van der Waals surface area contributed by atoms with Crippen molar-refractivity contribution in [1.29, 1.82) is 0 Å². The molecule has 0 fully saturated rings. The second kappa shape index (κ2) is 8.91. The lowest BCUT2D eigenvalue weighted by Crippen LogP contribution is -2.53. The normalized spacial score (nSPS) is 13.4. The summed E-state index contributed by atoms with van der Waals surface area (Å²) < 4.78 is 0. The second-order valence-corrected chi connectivity index (χ2v) is 5.43. The molecule has 0 aliphatic heterocycles. The minimum absolute atomic E-state index is 0.0910. The topological polar surface area (TPSA) is 155 Å². The molecule has 1 rings (SSSR count). The van der Waals surface area contributed by atoms with Gasteiger partial charge in [-0.05, 0) is 18.1 Å². The van der Waals surface area contributed by atoms with Gasteiger partial charge < -0.3 is 21.4 Å². The van der Waals surface area contributed by atoms with E-state index in [9.17, 15) is 14.4 Å². The first-order valence-electron chi connectivity index (χ1n) is 7.33. The van der Waals surface area contributed by atoms with Gasteiger partial charge in [0.05, 0.1) is 0 Å². The molecular formula is C14H24N6O3. The molecule has 1 aromatic rings. The predicted octanol–water partition coefficient (Wildman–Crippen LogP) is -1.41. The van der Waals surface area contributed by atoms with Crippen molar-refractivity contribution in [2.45, 2.75) is 32.6 Å². The summed E-state index contributed by atoms with van der Waals surface area (Å²) in [7, 11) is 0. The van der Waals surface area contributed by atoms with Crippen LogP contribution in [0.3, 0.4) is 0 Å². The molecule has 0 aliphatic carbocycles. The van der Waals surface area contributed by atoms with Crippen LogP contribution < -0.4 is 27.4 Å². The van der Waals surface area contributed by atoms with E-state index < -0.39 is 18.2 Å². The minimum Gasteiger partial charge on any atom is -0.368 e. The molecule has 128 valence electrons. The van der Waals surface area contributed by atoms with Gasteiger partial charge in [-0.2, -0.15) is 0 Å². The summed E-state index contributed by atoms with van der Waals surface area (Å²) in [5.74, 6) is -1.34. The van der Waals surface area contributed by atoms with Gasteiger partial charge in [-0.3, -0.25) is 25.4 Å². The fraction of sp³-hybridized carbons (Fsp3) is 0.500. The maximum absolute atomic E-state index is 11.8. The van der Waals surface area contributed by atoms with Crippen molar-refractivity contribution in [3.63, 3.8) is 0 Å². The third-order valence-corrected chi connectivity index (χ3v) is 3.14. The molecule has 1 aromatic heterocycles. The van der Waals surface area contributed by atoms with Crippen molar-refractivity contribution in [2.75, 3.05) is 6.54 Å². The highest BCUT2D eigenvalue weighted by molar-refractivity contribution is 5.92. The van der Waals surface area contributed by atoms with Crippen LogP contribution in [0.2, 0.25) is 0 Å². The van der Waals surface area contributed by atoms with Crippen molar-refractivity contribution in [3.8, 4) is 0 Å². The first kappa shape index (κ1) is 18.7. The molecule has 0 aromatic carbocycles. The van der Waals surface area contributed by atoms with E-state index in [1.54, 1.807) is 32.2 Å². The zero-order chi connectivity index (χ0) is 17.4. The number of hydrogen-bond donors (Lipinski definition) is 6. The Hall–Kier alpha value is -2.39. The molecule has 0 saturated heterocycles. The summed E-state index contributed by atoms with van der Waals surface area (Å²) in [6.45, 7) is 3.82. The maximum atomic E-state index is 11.8. The van der Waals surface area contributed by atoms with E-state index in [2.05, 4.69) is 20.9 Å². The third kappa shape index (κ3) is 6.49. The van der Waals surface area contributed by atoms with E-state index in [0.717, 1.165) is 0 Å². The number of hydrogen-bond acceptors (Lipinski definition) is 5. The second-order valence-electron chi connectivity index (χ2n) is 5.43. The van der Waals surface area contributed by atoms with Crippen LogP contribution in [0.4, 0.5) is 0 Å². The molecule has 9 nitrogen and oxygen atoms in total. The van der Waals surface area contributed by atoms with Gasteiger partial charge >= 0.3 is 0 Å². The van der Waals surface area contributed by atoms with Crippen molar-refractivity contribution in [1.82, 2.24) is 20.9 Å². The van der Waals surface area contributed by atoms with Gasteiger partial charge in [0.15, 0.2) is 0 Å². The van der Waals surface area contributed by atoms with E-state index in [-0.39, 0.29) is 30.7 Å². The third-order valence-electron chi connectivity index (χ3n) is 3.14. The van der Waals surface area contributed by atoms with Gasteiger partial charge in [-0.15, -0.1) is 0 Å². The van der Waals surface area contributed by atoms with Gasteiger partial charge in [-0.1, -0.05) is 13.8 Å². The number of H-pyrrole nitrogens is 1. The van der Waals surface area contributed by atoms with Crippen LogP contribution in [-0.4, -0.2) is 41.6 Å². The van der Waals surface area contributed by atoms with Gasteiger partial charge in [-0.25, -0.2) is 0 Å². The van der Waals surface area contributed by atoms with Gasteiger partial charge in [0.2, 0.25) is 11.8 Å². The Balaban J connectivity index is 2.28. The number of aromatic amines is 1. The van der Waals surface area contributed by atoms with Crippen molar-refractivity contribution in [3.05, 3.63) is 24.0 Å². The molecule has 3 amide bonds. The quantitative estimate of drug-likeness (QED) is 0.308. The SMILES string of the molecule is CC(C)[C@@H](NC(=O)CCNC(N)NC(=O)c1ccc[nH]1)C(N)=O. The summed E-state index contributed by atoms with van der Waals surface area (Å²) in [4.78, 5) is 37.4. The average molecular weight is 324 g/mol. The summed E-state index contributed by atoms with van der Waals surface area (Å²) in [6.07, 6.45) is 0.931. The van der Waals surface area contributed by atoms with Crippen LogP contribution in [0.5, 0.6) is 0 Å². The van der Waals surface area contributed by atoms with Crippen molar-refractivity contribution >= 4 is 17.7 Å². The van der Waals surface area contributed by atoms with Crippen LogP contribution in [-0.2, 0) is 9.59 Å². The lowest BCUT2D eigenvalue weighted by Gasteiger charge is -2.19. The van der Waals surface area contributed by atoms with Crippen LogP contribution in [0.15, 0.2) is 18.3 Å². The monoisotopic (exact) mass is 324 g/mol. The zero-order valence-electron chi connectivity index (χ0n) is 13.3. The smallest absolute Gasteiger partial charge is 0.269 e. The molecule has 1 unspecified atom stereocenters. The molecule has 0 bridgehead atoms. The first-order valence-corrected chi connectivity index (χ1v) is 7.33. The number of rotatable bonds is 9. The number of carbonyl (C=O) groups is 3. The summed E-state index contributed by atoms with van der Waals surface area (Å²) in [5, 5.41) is 7.88. The Morgan fingerprint density at radius 2 is 1.96 bits per heavy atom. The van der Waals surface area contributed by atoms with E-state index in [1.807, 2.05) is 0 Å². The lowest BCUT2D eigenvalue weighted by atomic mass is 10.0. The predicted molar refractivity (Wildman–Crippen MR) is 84.8 cm³/mol. The zero-order valence-corrected chi connectivity index (χ0v) is 13.3. The molecule has 23 heavy (non-hydrogen) atoms. The molecule has 0 radical (unpaired) electrons. The number of nitrogens with one attached hydrogen (secondary N) is 4. The van der Waals surface area contributed by atoms with Gasteiger partial charge in [0, 0.05) is 19.2 Å². The van der Waals surface area contributed by atoms with E-state index >= 15 is 0 Å². The van der Waals surface area contributed by atoms with Crippen LogP contribution in [0.1, 0.15) is 30.8 Å². The number of amides is 3. The summed E-state index contributed by atoms with van der Waals surface area (Å²) in [5.41, 5.74) is 11.3. The van der Waals surface area contributed by atoms with E-state index in [4.69, 9.17) is 11.5 Å². The fourth-order valence-electron chi connectivity index (χ4n) is 1.89. The Kier molecular flexibility index (Phi) is 7.23. The summed E-state index contributed by atoms with van der Waals surface area (Å²) >= 11 is 0. The first-order chi connectivity index (χ1) is 10.8. The van der Waals surface area contributed by atoms with Crippen LogP contribution in [0, 0.1) is 5.92 Å². The van der Waals surface area contributed by atoms with Crippen molar-refractivity contribution < 1.29 is 14.4 Å². The van der Waals surface area contributed by atoms with Gasteiger partial charge in [0.1, 0.15) is 18.0 Å². The number of nitrogens with two attached hydrogens (primary N) is 2. The van der Waals surface area contributed by atoms with Crippen LogP contribution in [0.25, 0.3) is 0 Å². The Bertz CT molecular complexity index is 529.